The van der Waals surface area contributed by atoms with E-state index in [0.29, 0.717) is 5.92 Å². The van der Waals surface area contributed by atoms with Crippen molar-refractivity contribution >= 4 is 11.7 Å². The van der Waals surface area contributed by atoms with Crippen LogP contribution in [-0.4, -0.2) is 24.7 Å². The van der Waals surface area contributed by atoms with Gasteiger partial charge in [0.05, 0.1) is 7.11 Å². The molecule has 110 valence electrons. The van der Waals surface area contributed by atoms with Crippen LogP contribution in [0.25, 0.3) is 0 Å². The van der Waals surface area contributed by atoms with Gasteiger partial charge in [0.25, 0.3) is 0 Å². The lowest BCUT2D eigenvalue weighted by atomic mass is 9.79. The van der Waals surface area contributed by atoms with Gasteiger partial charge in [0.15, 0.2) is 0 Å². The number of methoxy groups -OCH3 is 1. The van der Waals surface area contributed by atoms with Crippen LogP contribution >= 0.6 is 0 Å². The van der Waals surface area contributed by atoms with E-state index in [4.69, 9.17) is 4.74 Å². The molecule has 0 N–H and O–H groups in total. The van der Waals surface area contributed by atoms with Gasteiger partial charge in [-0.3, -0.25) is 0 Å². The second-order valence-corrected chi connectivity index (χ2v) is 6.55. The third-order valence-corrected chi connectivity index (χ3v) is 4.36. The Hall–Kier alpha value is -1.51. The monoisotopic (exact) mass is 275 g/mol. The number of carbonyl (C=O) groups is 1. The summed E-state index contributed by atoms with van der Waals surface area (Å²) in [6.07, 6.45) is 1.03. The van der Waals surface area contributed by atoms with Crippen LogP contribution in [0.2, 0.25) is 0 Å². The highest BCUT2D eigenvalue weighted by Crippen LogP contribution is 2.44. The number of hydrogen-bond acceptors (Lipinski definition) is 3. The standard InChI is InChI=1S/C17H25NO2/c1-11-7-8-14-12(2)10-17(4,5)18(15(14)9-11)13(3)16(19)20-6/h7-9,12-13H,10H2,1-6H3/t12-,13+/m1/s1. The lowest BCUT2D eigenvalue weighted by Gasteiger charge is -2.49. The van der Waals surface area contributed by atoms with E-state index < -0.39 is 0 Å². The largest absolute Gasteiger partial charge is 0.467 e. The Labute approximate surface area is 121 Å². The summed E-state index contributed by atoms with van der Waals surface area (Å²) in [6.45, 7) is 10.7. The molecule has 0 bridgehead atoms. The molecule has 0 fully saturated rings. The molecule has 0 aromatic heterocycles. The number of fused-ring (bicyclic) bond motifs is 1. The van der Waals surface area contributed by atoms with Gasteiger partial charge in [0, 0.05) is 11.2 Å². The van der Waals surface area contributed by atoms with E-state index in [1.807, 2.05) is 6.92 Å². The minimum absolute atomic E-state index is 0.0617. The van der Waals surface area contributed by atoms with Crippen LogP contribution in [0.3, 0.4) is 0 Å². The van der Waals surface area contributed by atoms with Crippen molar-refractivity contribution in [2.75, 3.05) is 12.0 Å². The summed E-state index contributed by atoms with van der Waals surface area (Å²) in [5.74, 6) is 0.321. The molecule has 2 atom stereocenters. The summed E-state index contributed by atoms with van der Waals surface area (Å²) in [6, 6.07) is 6.26. The van der Waals surface area contributed by atoms with Gasteiger partial charge in [0.2, 0.25) is 0 Å². The molecule has 0 amide bonds. The van der Waals surface area contributed by atoms with E-state index in [1.54, 1.807) is 0 Å². The number of anilines is 1. The quantitative estimate of drug-likeness (QED) is 0.772. The molecule has 0 aliphatic carbocycles. The molecule has 3 heteroatoms. The van der Waals surface area contributed by atoms with Gasteiger partial charge < -0.3 is 9.64 Å². The molecule has 1 heterocycles. The van der Waals surface area contributed by atoms with Gasteiger partial charge in [-0.15, -0.1) is 0 Å². The number of carbonyl (C=O) groups excluding carboxylic acids is 1. The highest BCUT2D eigenvalue weighted by atomic mass is 16.5. The summed E-state index contributed by atoms with van der Waals surface area (Å²) in [5, 5.41) is 0. The maximum absolute atomic E-state index is 12.0. The third-order valence-electron chi connectivity index (χ3n) is 4.36. The van der Waals surface area contributed by atoms with E-state index in [1.165, 1.54) is 23.9 Å². The summed E-state index contributed by atoms with van der Waals surface area (Å²) in [4.78, 5) is 14.2. The molecule has 2 rings (SSSR count). The fraction of sp³-hybridized carbons (Fsp3) is 0.588. The number of benzene rings is 1. The molecule has 3 nitrogen and oxygen atoms in total. The van der Waals surface area contributed by atoms with Crippen LogP contribution in [0.15, 0.2) is 18.2 Å². The predicted octanol–water partition coefficient (Wildman–Crippen LogP) is 3.65. The van der Waals surface area contributed by atoms with Crippen LogP contribution in [0.5, 0.6) is 0 Å². The van der Waals surface area contributed by atoms with Crippen LogP contribution in [0.1, 0.15) is 51.2 Å². The second kappa shape index (κ2) is 5.12. The molecular formula is C17H25NO2. The van der Waals surface area contributed by atoms with Gasteiger partial charge in [-0.2, -0.15) is 0 Å². The van der Waals surface area contributed by atoms with Crippen molar-refractivity contribution in [3.63, 3.8) is 0 Å². The normalized spacial score (nSPS) is 22.1. The Balaban J connectivity index is 2.56. The maximum atomic E-state index is 12.0. The van der Waals surface area contributed by atoms with E-state index in [2.05, 4.69) is 50.8 Å². The summed E-state index contributed by atoms with van der Waals surface area (Å²) in [5.41, 5.74) is 3.65. The molecule has 0 saturated carbocycles. The Morgan fingerprint density at radius 2 is 2.10 bits per heavy atom. The zero-order chi connectivity index (χ0) is 15.1. The number of esters is 1. The minimum atomic E-state index is -0.275. The van der Waals surface area contributed by atoms with E-state index >= 15 is 0 Å². The van der Waals surface area contributed by atoms with Crippen LogP contribution in [0, 0.1) is 6.92 Å². The Bertz CT molecular complexity index is 522. The van der Waals surface area contributed by atoms with Gasteiger partial charge in [-0.1, -0.05) is 19.1 Å². The fourth-order valence-electron chi connectivity index (χ4n) is 3.57. The average Bonchev–Trinajstić information content (AvgIpc) is 2.35. The number of ether oxygens (including phenoxy) is 1. The first-order valence-electron chi connectivity index (χ1n) is 7.25. The van der Waals surface area contributed by atoms with E-state index in [-0.39, 0.29) is 17.6 Å². The Morgan fingerprint density at radius 3 is 2.70 bits per heavy atom. The Kier molecular flexibility index (Phi) is 3.81. The van der Waals surface area contributed by atoms with Gasteiger partial charge >= 0.3 is 5.97 Å². The highest BCUT2D eigenvalue weighted by molar-refractivity contribution is 5.81. The van der Waals surface area contributed by atoms with Crippen molar-refractivity contribution in [2.24, 2.45) is 0 Å². The average molecular weight is 275 g/mol. The lowest BCUT2D eigenvalue weighted by molar-refractivity contribution is -0.142. The third kappa shape index (κ3) is 2.41. The highest BCUT2D eigenvalue weighted by Gasteiger charge is 2.41. The molecule has 1 aliphatic heterocycles. The summed E-state index contributed by atoms with van der Waals surface area (Å²) < 4.78 is 4.95. The topological polar surface area (TPSA) is 29.5 Å². The second-order valence-electron chi connectivity index (χ2n) is 6.55. The number of hydrogen-bond donors (Lipinski definition) is 0. The number of aryl methyl sites for hydroxylation is 1. The Morgan fingerprint density at radius 1 is 1.45 bits per heavy atom. The molecule has 1 aromatic carbocycles. The summed E-state index contributed by atoms with van der Waals surface area (Å²) >= 11 is 0. The smallest absolute Gasteiger partial charge is 0.328 e. The van der Waals surface area contributed by atoms with Crippen LogP contribution < -0.4 is 4.90 Å². The molecule has 0 spiro atoms. The fourth-order valence-corrected chi connectivity index (χ4v) is 3.57. The van der Waals surface area contributed by atoms with Crippen molar-refractivity contribution in [3.8, 4) is 0 Å². The van der Waals surface area contributed by atoms with Crippen molar-refractivity contribution in [1.29, 1.82) is 0 Å². The molecule has 1 aliphatic rings. The van der Waals surface area contributed by atoms with Crippen molar-refractivity contribution in [2.45, 2.75) is 58.5 Å². The lowest BCUT2D eigenvalue weighted by Crippen LogP contribution is -2.55. The zero-order valence-electron chi connectivity index (χ0n) is 13.4. The molecule has 20 heavy (non-hydrogen) atoms. The van der Waals surface area contributed by atoms with Gasteiger partial charge in [-0.05, 0) is 57.2 Å². The van der Waals surface area contributed by atoms with E-state index in [0.717, 1.165) is 6.42 Å². The van der Waals surface area contributed by atoms with Gasteiger partial charge in [0.1, 0.15) is 6.04 Å². The first-order chi connectivity index (χ1) is 9.27. The minimum Gasteiger partial charge on any atom is -0.467 e. The van der Waals surface area contributed by atoms with E-state index in [9.17, 15) is 4.79 Å². The molecule has 0 saturated heterocycles. The number of rotatable bonds is 2. The van der Waals surface area contributed by atoms with Crippen LogP contribution in [0.4, 0.5) is 5.69 Å². The molecular weight excluding hydrogens is 250 g/mol. The zero-order valence-corrected chi connectivity index (χ0v) is 13.4. The predicted molar refractivity (Wildman–Crippen MR) is 82.2 cm³/mol. The SMILES string of the molecule is COC(=O)[C@H](C)N1c2cc(C)ccc2[C@H](C)CC1(C)C. The first kappa shape index (κ1) is 14.9. The number of nitrogens with zero attached hydrogens (tertiary/aromatic N) is 1. The first-order valence-corrected chi connectivity index (χ1v) is 7.25. The summed E-state index contributed by atoms with van der Waals surface area (Å²) in [7, 11) is 1.45. The maximum Gasteiger partial charge on any atom is 0.328 e. The van der Waals surface area contributed by atoms with Crippen molar-refractivity contribution < 1.29 is 9.53 Å². The molecule has 1 aromatic rings. The van der Waals surface area contributed by atoms with Crippen molar-refractivity contribution in [1.82, 2.24) is 0 Å². The van der Waals surface area contributed by atoms with Gasteiger partial charge in [-0.25, -0.2) is 4.79 Å². The van der Waals surface area contributed by atoms with Crippen molar-refractivity contribution in [3.05, 3.63) is 29.3 Å². The molecule has 0 radical (unpaired) electrons. The van der Waals surface area contributed by atoms with Crippen LogP contribution in [-0.2, 0) is 9.53 Å². The molecule has 0 unspecified atom stereocenters.